The summed E-state index contributed by atoms with van der Waals surface area (Å²) in [5.41, 5.74) is 3.40. The predicted octanol–water partition coefficient (Wildman–Crippen LogP) is 3.35. The highest BCUT2D eigenvalue weighted by Gasteiger charge is 2.11. The largest absolute Gasteiger partial charge is 0.417 e. The number of nitriles is 1. The number of nitrogens with one attached hydrogen (secondary N) is 1. The molecule has 0 fully saturated rings. The van der Waals surface area contributed by atoms with Crippen LogP contribution >= 0.6 is 0 Å². The number of aromatic nitrogens is 3. The minimum absolute atomic E-state index is 0.148. The van der Waals surface area contributed by atoms with Crippen LogP contribution in [0, 0.1) is 18.3 Å². The summed E-state index contributed by atoms with van der Waals surface area (Å²) in [6.45, 7) is 1.85. The first-order valence-corrected chi connectivity index (χ1v) is 8.33. The van der Waals surface area contributed by atoms with Crippen molar-refractivity contribution < 1.29 is 9.21 Å². The minimum Gasteiger partial charge on any atom is -0.417 e. The summed E-state index contributed by atoms with van der Waals surface area (Å²) in [5, 5.41) is 16.2. The van der Waals surface area contributed by atoms with E-state index in [1.807, 2.05) is 25.1 Å². The van der Waals surface area contributed by atoms with Crippen molar-refractivity contribution in [3.8, 4) is 17.5 Å². The molecule has 2 heterocycles. The van der Waals surface area contributed by atoms with Gasteiger partial charge >= 0.3 is 0 Å². The van der Waals surface area contributed by atoms with Crippen LogP contribution < -0.4 is 5.32 Å². The number of rotatable bonds is 4. The Kier molecular flexibility index (Phi) is 4.15. The van der Waals surface area contributed by atoms with E-state index in [-0.39, 0.29) is 12.3 Å². The molecule has 0 saturated heterocycles. The number of aryl methyl sites for hydroxylation is 1. The molecule has 132 valence electrons. The Balaban J connectivity index is 1.45. The van der Waals surface area contributed by atoms with Gasteiger partial charge in [-0.05, 0) is 48.9 Å². The number of fused-ring (bicyclic) bond motifs is 1. The van der Waals surface area contributed by atoms with Gasteiger partial charge in [0, 0.05) is 11.3 Å². The third-order valence-corrected chi connectivity index (χ3v) is 4.11. The van der Waals surface area contributed by atoms with E-state index < -0.39 is 0 Å². The van der Waals surface area contributed by atoms with Gasteiger partial charge in [0.15, 0.2) is 0 Å². The summed E-state index contributed by atoms with van der Waals surface area (Å²) < 4.78 is 7.31. The summed E-state index contributed by atoms with van der Waals surface area (Å²) in [6.07, 6.45) is 1.83. The van der Waals surface area contributed by atoms with E-state index in [2.05, 4.69) is 21.5 Å². The van der Waals surface area contributed by atoms with E-state index in [9.17, 15) is 4.79 Å². The van der Waals surface area contributed by atoms with Gasteiger partial charge in [-0.25, -0.2) is 4.98 Å². The molecule has 0 radical (unpaired) electrons. The van der Waals surface area contributed by atoms with Crippen LogP contribution in [-0.2, 0) is 11.2 Å². The van der Waals surface area contributed by atoms with Gasteiger partial charge in [0.25, 0.3) is 0 Å². The van der Waals surface area contributed by atoms with Gasteiger partial charge in [0.05, 0.1) is 24.3 Å². The van der Waals surface area contributed by atoms with Gasteiger partial charge < -0.3 is 9.73 Å². The Morgan fingerprint density at radius 1 is 1.26 bits per heavy atom. The Hall–Kier alpha value is -3.92. The highest BCUT2D eigenvalue weighted by Crippen LogP contribution is 2.22. The molecule has 0 aliphatic carbocycles. The fourth-order valence-corrected chi connectivity index (χ4v) is 2.77. The summed E-state index contributed by atoms with van der Waals surface area (Å²) in [5.74, 6) is 1.09. The Bertz CT molecular complexity index is 1170. The smallest absolute Gasteiger partial charge is 0.246 e. The lowest BCUT2D eigenvalue weighted by molar-refractivity contribution is -0.115. The predicted molar refractivity (Wildman–Crippen MR) is 98.9 cm³/mol. The standard InChI is InChI=1S/C20H15N5O2/c1-13-22-12-19-25(13)24-20(27-19)16-5-7-17(8-6-16)23-18(26)10-14-3-2-4-15(9-14)11-21/h2-9,12H,10H2,1H3,(H,23,26). The highest BCUT2D eigenvalue weighted by atomic mass is 16.4. The van der Waals surface area contributed by atoms with Gasteiger partial charge in [-0.2, -0.15) is 9.78 Å². The molecule has 4 aromatic rings. The van der Waals surface area contributed by atoms with Crippen LogP contribution in [0.1, 0.15) is 17.0 Å². The first-order valence-electron chi connectivity index (χ1n) is 8.33. The number of anilines is 1. The van der Waals surface area contributed by atoms with Crippen molar-refractivity contribution in [3.05, 3.63) is 71.7 Å². The lowest BCUT2D eigenvalue weighted by Gasteiger charge is -2.06. The molecular weight excluding hydrogens is 342 g/mol. The Labute approximate surface area is 154 Å². The molecule has 7 heteroatoms. The summed E-state index contributed by atoms with van der Waals surface area (Å²) >= 11 is 0. The maximum atomic E-state index is 12.2. The summed E-state index contributed by atoms with van der Waals surface area (Å²) in [7, 11) is 0. The van der Waals surface area contributed by atoms with Crippen molar-refractivity contribution in [2.45, 2.75) is 13.3 Å². The van der Waals surface area contributed by atoms with Gasteiger partial charge in [-0.15, -0.1) is 5.10 Å². The molecule has 2 aromatic carbocycles. The third-order valence-electron chi connectivity index (χ3n) is 4.11. The van der Waals surface area contributed by atoms with Crippen LogP contribution in [0.15, 0.2) is 59.1 Å². The third kappa shape index (κ3) is 3.41. The van der Waals surface area contributed by atoms with Gasteiger partial charge in [0.1, 0.15) is 5.82 Å². The molecule has 0 aliphatic heterocycles. The molecule has 0 bridgehead atoms. The van der Waals surface area contributed by atoms with Crippen LogP contribution in [0.4, 0.5) is 5.69 Å². The van der Waals surface area contributed by atoms with E-state index in [4.69, 9.17) is 9.68 Å². The SMILES string of the molecule is Cc1ncc2oc(-c3ccc(NC(=O)Cc4cccc(C#N)c4)cc3)nn12. The van der Waals surface area contributed by atoms with E-state index in [1.165, 1.54) is 0 Å². The van der Waals surface area contributed by atoms with E-state index >= 15 is 0 Å². The maximum Gasteiger partial charge on any atom is 0.246 e. The molecule has 2 aromatic heterocycles. The lowest BCUT2D eigenvalue weighted by Crippen LogP contribution is -2.14. The Morgan fingerprint density at radius 3 is 2.81 bits per heavy atom. The molecule has 27 heavy (non-hydrogen) atoms. The molecular formula is C20H15N5O2. The average Bonchev–Trinajstić information content (AvgIpc) is 3.25. The van der Waals surface area contributed by atoms with Crippen molar-refractivity contribution in [1.82, 2.24) is 14.6 Å². The molecule has 0 unspecified atom stereocenters. The monoisotopic (exact) mass is 357 g/mol. The second-order valence-electron chi connectivity index (χ2n) is 6.08. The molecule has 0 aliphatic rings. The van der Waals surface area contributed by atoms with Crippen LogP contribution in [0.3, 0.4) is 0 Å². The molecule has 4 rings (SSSR count). The second kappa shape index (κ2) is 6.77. The van der Waals surface area contributed by atoms with Crippen molar-refractivity contribution in [2.24, 2.45) is 0 Å². The number of carbonyl (C=O) groups is 1. The van der Waals surface area contributed by atoms with Crippen molar-refractivity contribution in [3.63, 3.8) is 0 Å². The maximum absolute atomic E-state index is 12.2. The molecule has 0 saturated carbocycles. The molecule has 1 N–H and O–H groups in total. The highest BCUT2D eigenvalue weighted by molar-refractivity contribution is 5.92. The van der Waals surface area contributed by atoms with E-state index in [1.54, 1.807) is 41.0 Å². The number of benzene rings is 2. The van der Waals surface area contributed by atoms with E-state index in [0.29, 0.717) is 22.9 Å². The average molecular weight is 357 g/mol. The zero-order valence-corrected chi connectivity index (χ0v) is 14.5. The van der Waals surface area contributed by atoms with Crippen LogP contribution in [0.2, 0.25) is 0 Å². The van der Waals surface area contributed by atoms with Gasteiger partial charge in [0.2, 0.25) is 17.5 Å². The molecule has 0 spiro atoms. The quantitative estimate of drug-likeness (QED) is 0.604. The van der Waals surface area contributed by atoms with Crippen LogP contribution in [0.25, 0.3) is 17.2 Å². The first-order chi connectivity index (χ1) is 13.1. The second-order valence-corrected chi connectivity index (χ2v) is 6.08. The van der Waals surface area contributed by atoms with Gasteiger partial charge in [-0.1, -0.05) is 12.1 Å². The number of imidazole rings is 1. The van der Waals surface area contributed by atoms with Gasteiger partial charge in [-0.3, -0.25) is 4.79 Å². The number of amides is 1. The summed E-state index contributed by atoms with van der Waals surface area (Å²) in [4.78, 5) is 16.3. The molecule has 7 nitrogen and oxygen atoms in total. The number of carbonyl (C=O) groups excluding carboxylic acids is 1. The normalized spacial score (nSPS) is 10.7. The topological polar surface area (TPSA) is 96.2 Å². The fourth-order valence-electron chi connectivity index (χ4n) is 2.77. The fraction of sp³-hybridized carbons (Fsp3) is 0.100. The van der Waals surface area contributed by atoms with Crippen molar-refractivity contribution >= 4 is 17.3 Å². The summed E-state index contributed by atoms with van der Waals surface area (Å²) in [6, 6.07) is 16.3. The molecule has 1 amide bonds. The van der Waals surface area contributed by atoms with Crippen molar-refractivity contribution in [1.29, 1.82) is 5.26 Å². The van der Waals surface area contributed by atoms with Crippen molar-refractivity contribution in [2.75, 3.05) is 5.32 Å². The lowest BCUT2D eigenvalue weighted by atomic mass is 10.1. The molecule has 0 atom stereocenters. The zero-order valence-electron chi connectivity index (χ0n) is 14.5. The van der Waals surface area contributed by atoms with E-state index in [0.717, 1.165) is 17.0 Å². The number of hydrogen-bond acceptors (Lipinski definition) is 5. The zero-order chi connectivity index (χ0) is 18.8. The minimum atomic E-state index is -0.148. The number of hydrogen-bond donors (Lipinski definition) is 1. The van der Waals surface area contributed by atoms with Crippen LogP contribution in [0.5, 0.6) is 0 Å². The first kappa shape index (κ1) is 16.5. The number of nitrogens with zero attached hydrogens (tertiary/aromatic N) is 4. The van der Waals surface area contributed by atoms with Crippen LogP contribution in [-0.4, -0.2) is 20.5 Å². The Morgan fingerprint density at radius 2 is 2.07 bits per heavy atom.